The maximum Gasteiger partial charge on any atom is 0.335 e. The summed E-state index contributed by atoms with van der Waals surface area (Å²) in [6, 6.07) is 10.4. The Kier molecular flexibility index (Phi) is 7.40. The van der Waals surface area contributed by atoms with Crippen LogP contribution in [0.2, 0.25) is 5.02 Å². The summed E-state index contributed by atoms with van der Waals surface area (Å²) < 4.78 is 0. The summed E-state index contributed by atoms with van der Waals surface area (Å²) in [7, 11) is 0. The first-order valence-electron chi connectivity index (χ1n) is 10.6. The molecule has 2 amide bonds. The SMILES string of the molecule is CC(C)[C@@H](NC(=O)c1cc(O)cc(C(=O)O)c1)C(=O)N1CCC(c2ccc(Cl)cc2)CC1. The van der Waals surface area contributed by atoms with Crippen LogP contribution in [0.15, 0.2) is 42.5 Å². The van der Waals surface area contributed by atoms with Crippen LogP contribution in [0, 0.1) is 5.92 Å². The van der Waals surface area contributed by atoms with Crippen LogP contribution in [0.5, 0.6) is 5.75 Å². The molecule has 1 heterocycles. The van der Waals surface area contributed by atoms with Gasteiger partial charge in [0.05, 0.1) is 5.56 Å². The number of amides is 2. The number of rotatable bonds is 6. The number of hydrogen-bond acceptors (Lipinski definition) is 4. The van der Waals surface area contributed by atoms with Crippen molar-refractivity contribution in [1.82, 2.24) is 10.2 Å². The highest BCUT2D eigenvalue weighted by Crippen LogP contribution is 2.29. The fourth-order valence-corrected chi connectivity index (χ4v) is 4.09. The van der Waals surface area contributed by atoms with Crippen molar-refractivity contribution in [1.29, 1.82) is 0 Å². The Balaban J connectivity index is 1.67. The number of carbonyl (C=O) groups excluding carboxylic acids is 2. The lowest BCUT2D eigenvalue weighted by atomic mass is 9.89. The molecule has 32 heavy (non-hydrogen) atoms. The van der Waals surface area contributed by atoms with E-state index in [0.29, 0.717) is 24.0 Å². The van der Waals surface area contributed by atoms with Crippen LogP contribution >= 0.6 is 11.6 Å². The molecule has 170 valence electrons. The van der Waals surface area contributed by atoms with Crippen molar-refractivity contribution in [2.45, 2.75) is 38.6 Å². The Hall–Kier alpha value is -3.06. The first kappa shape index (κ1) is 23.6. The van der Waals surface area contributed by atoms with Gasteiger partial charge < -0.3 is 20.4 Å². The van der Waals surface area contributed by atoms with Crippen molar-refractivity contribution >= 4 is 29.4 Å². The van der Waals surface area contributed by atoms with Crippen molar-refractivity contribution in [3.05, 3.63) is 64.2 Å². The molecule has 3 rings (SSSR count). The van der Waals surface area contributed by atoms with E-state index >= 15 is 0 Å². The first-order valence-corrected chi connectivity index (χ1v) is 11.0. The van der Waals surface area contributed by atoms with Crippen molar-refractivity contribution in [3.8, 4) is 5.75 Å². The summed E-state index contributed by atoms with van der Waals surface area (Å²) >= 11 is 5.97. The highest BCUT2D eigenvalue weighted by atomic mass is 35.5. The van der Waals surface area contributed by atoms with E-state index in [9.17, 15) is 19.5 Å². The van der Waals surface area contributed by atoms with E-state index in [1.165, 1.54) is 17.7 Å². The Bertz CT molecular complexity index is 998. The number of phenols is 1. The minimum Gasteiger partial charge on any atom is -0.508 e. The number of hydrogen-bond donors (Lipinski definition) is 3. The van der Waals surface area contributed by atoms with Gasteiger partial charge in [-0.3, -0.25) is 9.59 Å². The molecule has 0 bridgehead atoms. The number of halogens is 1. The van der Waals surface area contributed by atoms with Crippen LogP contribution in [0.3, 0.4) is 0 Å². The van der Waals surface area contributed by atoms with Gasteiger partial charge in [0, 0.05) is 23.7 Å². The Labute approximate surface area is 192 Å². The summed E-state index contributed by atoms with van der Waals surface area (Å²) in [6.45, 7) is 4.85. The minimum absolute atomic E-state index is 0.0118. The maximum absolute atomic E-state index is 13.2. The van der Waals surface area contributed by atoms with Crippen LogP contribution in [0.1, 0.15) is 58.9 Å². The van der Waals surface area contributed by atoms with Gasteiger partial charge in [-0.05, 0) is 60.6 Å². The Morgan fingerprint density at radius 3 is 2.19 bits per heavy atom. The Morgan fingerprint density at radius 2 is 1.62 bits per heavy atom. The molecule has 7 nitrogen and oxygen atoms in total. The van der Waals surface area contributed by atoms with E-state index in [2.05, 4.69) is 5.32 Å². The van der Waals surface area contributed by atoms with Gasteiger partial charge in [0.2, 0.25) is 5.91 Å². The van der Waals surface area contributed by atoms with Crippen LogP contribution < -0.4 is 5.32 Å². The second-order valence-corrected chi connectivity index (χ2v) is 8.86. The van der Waals surface area contributed by atoms with Crippen LogP contribution in [0.4, 0.5) is 0 Å². The molecule has 8 heteroatoms. The second-order valence-electron chi connectivity index (χ2n) is 8.42. The van der Waals surface area contributed by atoms with Crippen molar-refractivity contribution in [3.63, 3.8) is 0 Å². The van der Waals surface area contributed by atoms with E-state index in [-0.39, 0.29) is 28.7 Å². The van der Waals surface area contributed by atoms with Crippen molar-refractivity contribution in [2.75, 3.05) is 13.1 Å². The molecule has 0 aliphatic carbocycles. The number of nitrogens with zero attached hydrogens (tertiary/aromatic N) is 1. The van der Waals surface area contributed by atoms with Gasteiger partial charge in [0.1, 0.15) is 11.8 Å². The standard InChI is InChI=1S/C24H27ClN2O5/c1-14(2)21(26-22(29)17-11-18(24(31)32)13-20(28)12-17)23(30)27-9-7-16(8-10-27)15-3-5-19(25)6-4-15/h3-6,11-14,16,21,28H,7-10H2,1-2H3,(H,26,29)(H,31,32)/t21-/m1/s1. The van der Waals surface area contributed by atoms with Gasteiger partial charge in [0.15, 0.2) is 0 Å². The normalized spacial score (nSPS) is 15.4. The van der Waals surface area contributed by atoms with Gasteiger partial charge >= 0.3 is 5.97 Å². The molecule has 1 saturated heterocycles. The number of likely N-dealkylation sites (tertiary alicyclic amines) is 1. The summed E-state index contributed by atoms with van der Waals surface area (Å²) in [5, 5.41) is 22.3. The number of carboxylic acids is 1. The van der Waals surface area contributed by atoms with Gasteiger partial charge in [-0.25, -0.2) is 4.79 Å². The molecule has 1 fully saturated rings. The molecule has 2 aromatic rings. The first-order chi connectivity index (χ1) is 15.2. The number of aromatic hydroxyl groups is 1. The predicted octanol–water partition coefficient (Wildman–Crippen LogP) is 3.90. The smallest absolute Gasteiger partial charge is 0.335 e. The fourth-order valence-electron chi connectivity index (χ4n) is 3.97. The molecule has 1 aliphatic heterocycles. The molecule has 0 spiro atoms. The van der Waals surface area contributed by atoms with Crippen LogP contribution in [-0.4, -0.2) is 52.0 Å². The van der Waals surface area contributed by atoms with E-state index in [4.69, 9.17) is 16.7 Å². The number of aromatic carboxylic acids is 1. The van der Waals surface area contributed by atoms with Gasteiger partial charge in [-0.2, -0.15) is 0 Å². The monoisotopic (exact) mass is 458 g/mol. The highest BCUT2D eigenvalue weighted by molar-refractivity contribution is 6.30. The lowest BCUT2D eigenvalue weighted by Gasteiger charge is -2.35. The fraction of sp³-hybridized carbons (Fsp3) is 0.375. The second kappa shape index (κ2) is 10.0. The molecule has 0 aromatic heterocycles. The Morgan fingerprint density at radius 1 is 1.03 bits per heavy atom. The third kappa shape index (κ3) is 5.59. The lowest BCUT2D eigenvalue weighted by molar-refractivity contribution is -0.135. The zero-order chi connectivity index (χ0) is 23.4. The highest BCUT2D eigenvalue weighted by Gasteiger charge is 2.32. The summed E-state index contributed by atoms with van der Waals surface area (Å²) in [6.07, 6.45) is 1.64. The topological polar surface area (TPSA) is 107 Å². The molecule has 0 radical (unpaired) electrons. The number of carboxylic acid groups (broad SMARTS) is 1. The maximum atomic E-state index is 13.2. The largest absolute Gasteiger partial charge is 0.508 e. The predicted molar refractivity (Wildman–Crippen MR) is 121 cm³/mol. The number of phenolic OH excluding ortho intramolecular Hbond substituents is 1. The zero-order valence-corrected chi connectivity index (χ0v) is 18.8. The average molecular weight is 459 g/mol. The quantitative estimate of drug-likeness (QED) is 0.608. The molecule has 2 aromatic carbocycles. The van der Waals surface area contributed by atoms with Gasteiger partial charge in [-0.1, -0.05) is 37.6 Å². The van der Waals surface area contributed by atoms with E-state index < -0.39 is 17.9 Å². The zero-order valence-electron chi connectivity index (χ0n) is 18.0. The summed E-state index contributed by atoms with van der Waals surface area (Å²) in [4.78, 5) is 38.9. The van der Waals surface area contributed by atoms with Crippen LogP contribution in [0.25, 0.3) is 0 Å². The van der Waals surface area contributed by atoms with Crippen molar-refractivity contribution < 1.29 is 24.6 Å². The summed E-state index contributed by atoms with van der Waals surface area (Å²) in [5.74, 6) is -2.17. The molecule has 3 N–H and O–H groups in total. The van der Waals surface area contributed by atoms with Crippen molar-refractivity contribution in [2.24, 2.45) is 5.92 Å². The van der Waals surface area contributed by atoms with E-state index in [0.717, 1.165) is 18.9 Å². The van der Waals surface area contributed by atoms with E-state index in [1.807, 2.05) is 38.1 Å². The van der Waals surface area contributed by atoms with E-state index in [1.54, 1.807) is 4.90 Å². The average Bonchev–Trinajstić information content (AvgIpc) is 2.76. The van der Waals surface area contributed by atoms with Crippen LogP contribution in [-0.2, 0) is 4.79 Å². The number of carbonyl (C=O) groups is 3. The minimum atomic E-state index is -1.25. The molecular weight excluding hydrogens is 432 g/mol. The summed E-state index contributed by atoms with van der Waals surface area (Å²) in [5.41, 5.74) is 0.988. The molecule has 0 saturated carbocycles. The van der Waals surface area contributed by atoms with Gasteiger partial charge in [-0.15, -0.1) is 0 Å². The number of benzene rings is 2. The molecule has 1 atom stereocenters. The number of nitrogens with one attached hydrogen (secondary N) is 1. The van der Waals surface area contributed by atoms with Gasteiger partial charge in [0.25, 0.3) is 5.91 Å². The third-order valence-electron chi connectivity index (χ3n) is 5.79. The molecule has 1 aliphatic rings. The number of piperidine rings is 1. The third-order valence-corrected chi connectivity index (χ3v) is 6.05. The molecular formula is C24H27ClN2O5. The lowest BCUT2D eigenvalue weighted by Crippen LogP contribution is -2.52. The molecule has 0 unspecified atom stereocenters.